The van der Waals surface area contributed by atoms with Gasteiger partial charge in [-0.2, -0.15) is 13.2 Å². The molecule has 0 saturated heterocycles. The molecule has 6 heteroatoms. The zero-order chi connectivity index (χ0) is 15.7. The first kappa shape index (κ1) is 15.6. The first-order valence-corrected chi connectivity index (χ1v) is 7.57. The van der Waals surface area contributed by atoms with Crippen molar-refractivity contribution in [1.82, 2.24) is 0 Å². The number of sulfone groups is 1. The molecule has 2 nitrogen and oxygen atoms in total. The topological polar surface area (TPSA) is 34.1 Å². The lowest BCUT2D eigenvalue weighted by molar-refractivity contribution is -0.137. The van der Waals surface area contributed by atoms with E-state index in [1.54, 1.807) is 12.1 Å². The normalized spacial score (nSPS) is 12.4. The molecule has 0 fully saturated rings. The zero-order valence-electron chi connectivity index (χ0n) is 11.1. The van der Waals surface area contributed by atoms with E-state index >= 15 is 0 Å². The van der Waals surface area contributed by atoms with Crippen molar-refractivity contribution in [2.75, 3.05) is 0 Å². The van der Waals surface area contributed by atoms with Crippen molar-refractivity contribution < 1.29 is 21.6 Å². The fourth-order valence-electron chi connectivity index (χ4n) is 1.76. The second-order valence-electron chi connectivity index (χ2n) is 4.60. The Morgan fingerprint density at radius 3 is 2.19 bits per heavy atom. The summed E-state index contributed by atoms with van der Waals surface area (Å²) in [6.45, 7) is 1.81. The predicted molar refractivity (Wildman–Crippen MR) is 73.2 cm³/mol. The quantitative estimate of drug-likeness (QED) is 0.858. The summed E-state index contributed by atoms with van der Waals surface area (Å²) in [5.41, 5.74) is 0.00812. The number of benzene rings is 2. The van der Waals surface area contributed by atoms with E-state index in [0.717, 1.165) is 23.4 Å². The lowest BCUT2D eigenvalue weighted by Crippen LogP contribution is -2.07. The van der Waals surface area contributed by atoms with Crippen LogP contribution in [0.3, 0.4) is 0 Å². The molecule has 21 heavy (non-hydrogen) atoms. The van der Waals surface area contributed by atoms with Gasteiger partial charge in [0.2, 0.25) is 0 Å². The van der Waals surface area contributed by atoms with E-state index in [-0.39, 0.29) is 10.5 Å². The van der Waals surface area contributed by atoms with Crippen molar-refractivity contribution >= 4 is 9.84 Å². The van der Waals surface area contributed by atoms with Gasteiger partial charge in [0.25, 0.3) is 0 Å². The molecule has 0 atom stereocenters. The van der Waals surface area contributed by atoms with Crippen molar-refractivity contribution in [3.63, 3.8) is 0 Å². The van der Waals surface area contributed by atoms with E-state index in [4.69, 9.17) is 0 Å². The maximum Gasteiger partial charge on any atom is 0.416 e. The standard InChI is InChI=1S/C15H12F3O2S/c1-11-5-7-14(8-6-11)21(19,20)10-12-3-2-4-13(9-12)15(16,17)18/h2-10H,1H3. The minimum absolute atomic E-state index is 0.00889. The average molecular weight is 313 g/mol. The van der Waals surface area contributed by atoms with Gasteiger partial charge in [-0.1, -0.05) is 35.9 Å². The van der Waals surface area contributed by atoms with Gasteiger partial charge >= 0.3 is 6.18 Å². The van der Waals surface area contributed by atoms with E-state index < -0.39 is 21.6 Å². The summed E-state index contributed by atoms with van der Waals surface area (Å²) in [6, 6.07) is 10.3. The van der Waals surface area contributed by atoms with Gasteiger partial charge in [0.15, 0.2) is 9.84 Å². The van der Waals surface area contributed by atoms with Crippen LogP contribution in [0.5, 0.6) is 0 Å². The predicted octanol–water partition coefficient (Wildman–Crippen LogP) is 4.00. The highest BCUT2D eigenvalue weighted by Crippen LogP contribution is 2.30. The molecule has 0 aromatic heterocycles. The SMILES string of the molecule is Cc1ccc(S(=O)(=O)[CH]c2cccc(C(F)(F)F)c2)cc1. The lowest BCUT2D eigenvalue weighted by atomic mass is 10.1. The average Bonchev–Trinajstić information content (AvgIpc) is 2.38. The van der Waals surface area contributed by atoms with Crippen molar-refractivity contribution in [2.45, 2.75) is 18.0 Å². The van der Waals surface area contributed by atoms with E-state index in [1.807, 2.05) is 6.92 Å². The molecule has 111 valence electrons. The first-order valence-electron chi connectivity index (χ1n) is 6.02. The third-order valence-electron chi connectivity index (χ3n) is 2.85. The van der Waals surface area contributed by atoms with Gasteiger partial charge in [0.05, 0.1) is 10.5 Å². The summed E-state index contributed by atoms with van der Waals surface area (Å²) in [4.78, 5) is 0.0468. The summed E-state index contributed by atoms with van der Waals surface area (Å²) in [5, 5.41) is 0. The minimum atomic E-state index is -4.50. The Bertz CT molecular complexity index is 732. The molecule has 0 aliphatic carbocycles. The van der Waals surface area contributed by atoms with Gasteiger partial charge in [-0.15, -0.1) is 0 Å². The maximum atomic E-state index is 12.6. The molecule has 0 saturated carbocycles. The molecule has 0 bridgehead atoms. The number of hydrogen-bond acceptors (Lipinski definition) is 2. The second-order valence-corrected chi connectivity index (χ2v) is 6.40. The highest BCUT2D eigenvalue weighted by molar-refractivity contribution is 7.93. The van der Waals surface area contributed by atoms with Crippen molar-refractivity contribution in [2.24, 2.45) is 0 Å². The van der Waals surface area contributed by atoms with E-state index in [0.29, 0.717) is 0 Å². The van der Waals surface area contributed by atoms with Gasteiger partial charge in [-0.05, 0) is 30.7 Å². The van der Waals surface area contributed by atoms with Crippen LogP contribution < -0.4 is 0 Å². The Balaban J connectivity index is 2.31. The van der Waals surface area contributed by atoms with Crippen LogP contribution in [0, 0.1) is 12.7 Å². The Morgan fingerprint density at radius 2 is 1.62 bits per heavy atom. The van der Waals surface area contributed by atoms with Gasteiger partial charge < -0.3 is 0 Å². The van der Waals surface area contributed by atoms with Crippen LogP contribution in [-0.4, -0.2) is 8.42 Å². The zero-order valence-corrected chi connectivity index (χ0v) is 11.9. The fraction of sp³-hybridized carbons (Fsp3) is 0.133. The number of hydrogen-bond donors (Lipinski definition) is 0. The van der Waals surface area contributed by atoms with Gasteiger partial charge in [-0.25, -0.2) is 8.42 Å². The van der Waals surface area contributed by atoms with E-state index in [2.05, 4.69) is 0 Å². The smallest absolute Gasteiger partial charge is 0.223 e. The van der Waals surface area contributed by atoms with Crippen molar-refractivity contribution in [3.05, 3.63) is 71.0 Å². The van der Waals surface area contributed by atoms with Gasteiger partial charge in [0, 0.05) is 0 Å². The monoisotopic (exact) mass is 313 g/mol. The van der Waals surface area contributed by atoms with Crippen molar-refractivity contribution in [1.29, 1.82) is 0 Å². The van der Waals surface area contributed by atoms with Crippen LogP contribution in [0.25, 0.3) is 0 Å². The Hall–Kier alpha value is -1.82. The molecule has 0 heterocycles. The van der Waals surface area contributed by atoms with Crippen LogP contribution in [0.4, 0.5) is 13.2 Å². The minimum Gasteiger partial charge on any atom is -0.223 e. The summed E-state index contributed by atoms with van der Waals surface area (Å²) in [7, 11) is -3.78. The molecule has 0 spiro atoms. The first-order chi connectivity index (χ1) is 9.68. The van der Waals surface area contributed by atoms with Crippen LogP contribution in [-0.2, 0) is 16.0 Å². The molecule has 2 rings (SSSR count). The van der Waals surface area contributed by atoms with Crippen LogP contribution in [0.15, 0.2) is 53.4 Å². The third kappa shape index (κ3) is 3.85. The molecule has 0 amide bonds. The molecule has 0 unspecified atom stereocenters. The molecule has 1 radical (unpaired) electrons. The molecule has 2 aromatic rings. The molecule has 0 aliphatic heterocycles. The van der Waals surface area contributed by atoms with Gasteiger partial charge in [-0.3, -0.25) is 0 Å². The largest absolute Gasteiger partial charge is 0.416 e. The van der Waals surface area contributed by atoms with E-state index in [9.17, 15) is 21.6 Å². The summed E-state index contributed by atoms with van der Waals surface area (Å²) < 4.78 is 62.1. The highest BCUT2D eigenvalue weighted by atomic mass is 32.2. The van der Waals surface area contributed by atoms with Crippen LogP contribution in [0.2, 0.25) is 0 Å². The summed E-state index contributed by atoms with van der Waals surface area (Å²) in [5.74, 6) is 0.840. The van der Waals surface area contributed by atoms with Crippen molar-refractivity contribution in [3.8, 4) is 0 Å². The fourth-order valence-corrected chi connectivity index (χ4v) is 2.92. The molecular weight excluding hydrogens is 301 g/mol. The number of rotatable bonds is 3. The Morgan fingerprint density at radius 1 is 1.00 bits per heavy atom. The third-order valence-corrected chi connectivity index (χ3v) is 4.37. The Labute approximate surface area is 121 Å². The summed E-state index contributed by atoms with van der Waals surface area (Å²) >= 11 is 0. The molecule has 0 N–H and O–H groups in total. The number of aryl methyl sites for hydroxylation is 1. The van der Waals surface area contributed by atoms with Crippen LogP contribution in [0.1, 0.15) is 16.7 Å². The van der Waals surface area contributed by atoms with Crippen LogP contribution >= 0.6 is 0 Å². The highest BCUT2D eigenvalue weighted by Gasteiger charge is 2.30. The molecular formula is C15H12F3O2S. The Kier molecular flexibility index (Phi) is 4.09. The molecule has 0 aliphatic rings. The maximum absolute atomic E-state index is 12.6. The number of alkyl halides is 3. The molecule has 2 aromatic carbocycles. The number of halogens is 3. The summed E-state index contributed by atoms with van der Waals surface area (Å²) in [6.07, 6.45) is -4.50. The second kappa shape index (κ2) is 5.52. The van der Waals surface area contributed by atoms with E-state index in [1.165, 1.54) is 24.3 Å². The lowest BCUT2D eigenvalue weighted by Gasteiger charge is -2.09. The van der Waals surface area contributed by atoms with Gasteiger partial charge in [0.1, 0.15) is 5.75 Å².